The van der Waals surface area contributed by atoms with Crippen molar-refractivity contribution in [3.8, 4) is 0 Å². The van der Waals surface area contributed by atoms with E-state index in [-0.39, 0.29) is 12.5 Å². The van der Waals surface area contributed by atoms with E-state index in [1.165, 1.54) is 0 Å². The van der Waals surface area contributed by atoms with Crippen molar-refractivity contribution in [3.63, 3.8) is 0 Å². The van der Waals surface area contributed by atoms with Crippen molar-refractivity contribution in [3.05, 3.63) is 65.9 Å². The Labute approximate surface area is 173 Å². The molecule has 5 rings (SSSR count). The van der Waals surface area contributed by atoms with Crippen LogP contribution in [0.5, 0.6) is 0 Å². The fourth-order valence-corrected chi connectivity index (χ4v) is 4.25. The first kappa shape index (κ1) is 18.4. The first-order valence-electron chi connectivity index (χ1n) is 9.99. The summed E-state index contributed by atoms with van der Waals surface area (Å²) >= 11 is 0. The van der Waals surface area contributed by atoms with Crippen LogP contribution in [0.2, 0.25) is 0 Å². The molecule has 1 unspecified atom stereocenters. The van der Waals surface area contributed by atoms with Gasteiger partial charge in [-0.15, -0.1) is 0 Å². The Balaban J connectivity index is 1.40. The van der Waals surface area contributed by atoms with Gasteiger partial charge < -0.3 is 14.6 Å². The number of urea groups is 1. The number of rotatable bonds is 3. The molecule has 1 atom stereocenters. The minimum atomic E-state index is -1.35. The topological polar surface area (TPSA) is 82.9 Å². The van der Waals surface area contributed by atoms with Gasteiger partial charge in [0.2, 0.25) is 5.91 Å². The lowest BCUT2D eigenvalue weighted by atomic mass is 9.98. The van der Waals surface area contributed by atoms with Gasteiger partial charge in [-0.1, -0.05) is 36.4 Å². The molecule has 1 aromatic heterocycles. The number of hydrogen-bond acceptors (Lipinski definition) is 4. The van der Waals surface area contributed by atoms with Gasteiger partial charge in [-0.3, -0.25) is 14.5 Å². The van der Waals surface area contributed by atoms with Gasteiger partial charge in [-0.05, 0) is 43.5 Å². The number of hydrogen-bond donors (Lipinski definition) is 1. The third-order valence-electron chi connectivity index (χ3n) is 5.90. The second-order valence-electron chi connectivity index (χ2n) is 7.87. The van der Waals surface area contributed by atoms with Gasteiger partial charge in [-0.25, -0.2) is 4.79 Å². The van der Waals surface area contributed by atoms with Crippen LogP contribution in [0.15, 0.2) is 59.0 Å². The first-order chi connectivity index (χ1) is 14.5. The predicted molar refractivity (Wildman–Crippen MR) is 111 cm³/mol. The SMILES string of the molecule is CC1(c2cc3ccccc3o2)NC(=O)N(CC(=O)N2CCCc3ccccc32)C1=O. The molecule has 0 bridgehead atoms. The molecule has 3 aromatic rings. The number of anilines is 1. The monoisotopic (exact) mass is 403 g/mol. The van der Waals surface area contributed by atoms with Gasteiger partial charge in [0.05, 0.1) is 0 Å². The van der Waals surface area contributed by atoms with Crippen molar-refractivity contribution >= 4 is 34.5 Å². The van der Waals surface area contributed by atoms with Crippen molar-refractivity contribution in [2.45, 2.75) is 25.3 Å². The van der Waals surface area contributed by atoms with Gasteiger partial charge in [0, 0.05) is 17.6 Å². The maximum Gasteiger partial charge on any atom is 0.325 e. The zero-order chi connectivity index (χ0) is 20.9. The number of para-hydroxylation sites is 2. The molecule has 1 fully saturated rings. The third-order valence-corrected chi connectivity index (χ3v) is 5.90. The molecular formula is C23H21N3O4. The van der Waals surface area contributed by atoms with Crippen LogP contribution in [0.3, 0.4) is 0 Å². The predicted octanol–water partition coefficient (Wildman–Crippen LogP) is 3.18. The van der Waals surface area contributed by atoms with E-state index >= 15 is 0 Å². The Morgan fingerprint density at radius 2 is 1.90 bits per heavy atom. The molecule has 0 spiro atoms. The lowest BCUT2D eigenvalue weighted by Crippen LogP contribution is -2.46. The number of nitrogens with zero attached hydrogens (tertiary/aromatic N) is 2. The summed E-state index contributed by atoms with van der Waals surface area (Å²) in [6, 6.07) is 16.3. The summed E-state index contributed by atoms with van der Waals surface area (Å²) in [6.07, 6.45) is 1.76. The highest BCUT2D eigenvalue weighted by molar-refractivity contribution is 6.10. The van der Waals surface area contributed by atoms with E-state index < -0.39 is 17.5 Å². The molecule has 7 heteroatoms. The van der Waals surface area contributed by atoms with Crippen LogP contribution in [-0.2, 0) is 21.5 Å². The van der Waals surface area contributed by atoms with Gasteiger partial charge in [0.25, 0.3) is 5.91 Å². The summed E-state index contributed by atoms with van der Waals surface area (Å²) < 4.78 is 5.83. The highest BCUT2D eigenvalue weighted by Crippen LogP contribution is 2.33. The van der Waals surface area contributed by atoms with E-state index in [4.69, 9.17) is 4.42 Å². The number of furan rings is 1. The highest BCUT2D eigenvalue weighted by atomic mass is 16.3. The molecule has 0 aliphatic carbocycles. The molecule has 0 saturated carbocycles. The van der Waals surface area contributed by atoms with E-state index in [2.05, 4.69) is 5.32 Å². The minimum absolute atomic E-state index is 0.278. The van der Waals surface area contributed by atoms with Crippen molar-refractivity contribution in [1.82, 2.24) is 10.2 Å². The second-order valence-corrected chi connectivity index (χ2v) is 7.87. The van der Waals surface area contributed by atoms with E-state index in [1.807, 2.05) is 42.5 Å². The van der Waals surface area contributed by atoms with Crippen LogP contribution in [0.4, 0.5) is 10.5 Å². The van der Waals surface area contributed by atoms with Gasteiger partial charge >= 0.3 is 6.03 Å². The fraction of sp³-hybridized carbons (Fsp3) is 0.261. The van der Waals surface area contributed by atoms with Crippen molar-refractivity contribution in [2.24, 2.45) is 0 Å². The summed E-state index contributed by atoms with van der Waals surface area (Å²) in [4.78, 5) is 41.5. The lowest BCUT2D eigenvalue weighted by molar-refractivity contribution is -0.134. The summed E-state index contributed by atoms with van der Waals surface area (Å²) in [6.45, 7) is 1.86. The standard InChI is InChI=1S/C23H21N3O4/c1-23(19-13-16-8-3-5-11-18(16)30-19)21(28)26(22(29)24-23)14-20(27)25-12-6-9-15-7-2-4-10-17(15)25/h2-5,7-8,10-11,13H,6,9,12,14H2,1H3,(H,24,29). The first-order valence-corrected chi connectivity index (χ1v) is 9.99. The molecule has 1 saturated heterocycles. The Morgan fingerprint density at radius 1 is 1.13 bits per heavy atom. The Morgan fingerprint density at radius 3 is 2.73 bits per heavy atom. The number of carbonyl (C=O) groups excluding carboxylic acids is 3. The van der Waals surface area contributed by atoms with E-state index in [9.17, 15) is 14.4 Å². The zero-order valence-corrected chi connectivity index (χ0v) is 16.6. The molecule has 1 N–H and O–H groups in total. The number of benzene rings is 2. The minimum Gasteiger partial charge on any atom is -0.458 e. The van der Waals surface area contributed by atoms with E-state index in [0.29, 0.717) is 17.9 Å². The number of carbonyl (C=O) groups is 3. The molecule has 7 nitrogen and oxygen atoms in total. The molecular weight excluding hydrogens is 382 g/mol. The molecule has 0 radical (unpaired) electrons. The van der Waals surface area contributed by atoms with Crippen LogP contribution in [0.25, 0.3) is 11.0 Å². The third kappa shape index (κ3) is 2.77. The quantitative estimate of drug-likeness (QED) is 0.681. The fourth-order valence-electron chi connectivity index (χ4n) is 4.25. The maximum absolute atomic E-state index is 13.2. The Hall–Kier alpha value is -3.61. The van der Waals surface area contributed by atoms with Crippen LogP contribution >= 0.6 is 0 Å². The molecule has 4 amide bonds. The van der Waals surface area contributed by atoms with Crippen LogP contribution in [-0.4, -0.2) is 35.8 Å². The normalized spacial score (nSPS) is 21.1. The zero-order valence-electron chi connectivity index (χ0n) is 16.6. The summed E-state index contributed by atoms with van der Waals surface area (Å²) in [5.41, 5.74) is 1.23. The second kappa shape index (κ2) is 6.73. The molecule has 2 aromatic carbocycles. The Bertz CT molecular complexity index is 1150. The number of nitrogens with one attached hydrogen (secondary N) is 1. The van der Waals surface area contributed by atoms with E-state index in [0.717, 1.165) is 34.4 Å². The Kier molecular flexibility index (Phi) is 4.13. The van der Waals surface area contributed by atoms with Crippen molar-refractivity contribution < 1.29 is 18.8 Å². The smallest absolute Gasteiger partial charge is 0.325 e. The maximum atomic E-state index is 13.2. The lowest BCUT2D eigenvalue weighted by Gasteiger charge is -2.30. The van der Waals surface area contributed by atoms with Crippen LogP contribution in [0.1, 0.15) is 24.7 Å². The van der Waals surface area contributed by atoms with Gasteiger partial charge in [0.1, 0.15) is 17.9 Å². The number of fused-ring (bicyclic) bond motifs is 2. The van der Waals surface area contributed by atoms with Gasteiger partial charge in [0.15, 0.2) is 5.54 Å². The average Bonchev–Trinajstić information content (AvgIpc) is 3.29. The number of imide groups is 1. The van der Waals surface area contributed by atoms with Gasteiger partial charge in [-0.2, -0.15) is 0 Å². The molecule has 3 heterocycles. The number of amides is 4. The summed E-state index contributed by atoms with van der Waals surface area (Å²) in [5.74, 6) is -0.426. The number of aryl methyl sites for hydroxylation is 1. The molecule has 2 aliphatic rings. The van der Waals surface area contributed by atoms with Crippen molar-refractivity contribution in [1.29, 1.82) is 0 Å². The molecule has 152 valence electrons. The molecule has 2 aliphatic heterocycles. The molecule has 30 heavy (non-hydrogen) atoms. The van der Waals surface area contributed by atoms with Crippen LogP contribution in [0, 0.1) is 0 Å². The average molecular weight is 403 g/mol. The van der Waals surface area contributed by atoms with Crippen LogP contribution < -0.4 is 10.2 Å². The van der Waals surface area contributed by atoms with Crippen molar-refractivity contribution in [2.75, 3.05) is 18.0 Å². The highest BCUT2D eigenvalue weighted by Gasteiger charge is 2.52. The van der Waals surface area contributed by atoms with E-state index in [1.54, 1.807) is 24.0 Å². The summed E-state index contributed by atoms with van der Waals surface area (Å²) in [7, 11) is 0. The largest absolute Gasteiger partial charge is 0.458 e. The summed E-state index contributed by atoms with van der Waals surface area (Å²) in [5, 5.41) is 3.55.